The van der Waals surface area contributed by atoms with Crippen LogP contribution in [0, 0.1) is 0 Å². The summed E-state index contributed by atoms with van der Waals surface area (Å²) in [5.74, 6) is 0.110. The minimum atomic E-state index is -3.25. The predicted molar refractivity (Wildman–Crippen MR) is 77.9 cm³/mol. The molecule has 1 aliphatic carbocycles. The fraction of sp³-hybridized carbons (Fsp3) is 0.750. The van der Waals surface area contributed by atoms with E-state index in [0.717, 1.165) is 5.01 Å². The molecule has 0 aromatic carbocycles. The maximum absolute atomic E-state index is 12.1. The lowest BCUT2D eigenvalue weighted by Gasteiger charge is -2.16. The zero-order valence-electron chi connectivity index (χ0n) is 11.3. The Bertz CT molecular complexity index is 483. The van der Waals surface area contributed by atoms with E-state index in [-0.39, 0.29) is 5.92 Å². The Morgan fingerprint density at radius 1 is 1.42 bits per heavy atom. The Morgan fingerprint density at radius 3 is 2.74 bits per heavy atom. The van der Waals surface area contributed by atoms with E-state index in [1.807, 2.05) is 12.3 Å². The number of hydrogen-bond acceptors (Lipinski definition) is 5. The quantitative estimate of drug-likeness (QED) is 0.759. The van der Waals surface area contributed by atoms with E-state index in [1.165, 1.54) is 12.8 Å². The van der Waals surface area contributed by atoms with Crippen molar-refractivity contribution in [3.8, 4) is 0 Å². The van der Waals surface area contributed by atoms with Gasteiger partial charge in [0.25, 0.3) is 0 Å². The highest BCUT2D eigenvalue weighted by Gasteiger charge is 2.26. The molecule has 2 rings (SSSR count). The van der Waals surface area contributed by atoms with E-state index < -0.39 is 15.3 Å². The highest BCUT2D eigenvalue weighted by Crippen LogP contribution is 2.19. The van der Waals surface area contributed by atoms with Crippen molar-refractivity contribution in [3.63, 3.8) is 0 Å². The second kappa shape index (κ2) is 6.30. The van der Waals surface area contributed by atoms with E-state index in [2.05, 4.69) is 15.0 Å². The second-order valence-corrected chi connectivity index (χ2v) is 8.27. The summed E-state index contributed by atoms with van der Waals surface area (Å²) in [5.41, 5.74) is 0. The van der Waals surface area contributed by atoms with E-state index >= 15 is 0 Å². The highest BCUT2D eigenvalue weighted by atomic mass is 32.2. The number of sulfonamides is 1. The van der Waals surface area contributed by atoms with Crippen LogP contribution in [0.2, 0.25) is 0 Å². The molecule has 1 aromatic rings. The molecule has 7 heteroatoms. The third-order valence-corrected chi connectivity index (χ3v) is 6.07. The first-order chi connectivity index (χ1) is 8.99. The van der Waals surface area contributed by atoms with Gasteiger partial charge in [-0.3, -0.25) is 0 Å². The van der Waals surface area contributed by atoms with Gasteiger partial charge in [0.2, 0.25) is 10.0 Å². The van der Waals surface area contributed by atoms with Gasteiger partial charge < -0.3 is 5.32 Å². The molecule has 1 heterocycles. The summed E-state index contributed by atoms with van der Waals surface area (Å²) in [4.78, 5) is 4.20. The van der Waals surface area contributed by atoms with Crippen LogP contribution in [0.4, 0.5) is 0 Å². The van der Waals surface area contributed by atoms with Crippen molar-refractivity contribution in [1.29, 1.82) is 0 Å². The lowest BCUT2D eigenvalue weighted by Crippen LogP contribution is -2.40. The third-order valence-electron chi connectivity index (χ3n) is 3.26. The molecule has 0 bridgehead atoms. The maximum Gasteiger partial charge on any atom is 0.215 e. The topological polar surface area (TPSA) is 71.1 Å². The monoisotopic (exact) mass is 303 g/mol. The van der Waals surface area contributed by atoms with Crippen LogP contribution in [0.1, 0.15) is 37.6 Å². The number of aromatic nitrogens is 1. The second-order valence-electron chi connectivity index (χ2n) is 5.16. The molecule has 2 atom stereocenters. The Labute approximate surface area is 118 Å². The van der Waals surface area contributed by atoms with Crippen molar-refractivity contribution in [2.75, 3.05) is 13.1 Å². The van der Waals surface area contributed by atoms with Crippen molar-refractivity contribution >= 4 is 21.4 Å². The Kier molecular flexibility index (Phi) is 4.94. The van der Waals surface area contributed by atoms with Gasteiger partial charge in [0.1, 0.15) is 0 Å². The maximum atomic E-state index is 12.1. The lowest BCUT2D eigenvalue weighted by atomic mass is 10.2. The van der Waals surface area contributed by atoms with E-state index in [9.17, 15) is 8.42 Å². The number of nitrogens with zero attached hydrogens (tertiary/aromatic N) is 1. The molecular weight excluding hydrogens is 282 g/mol. The summed E-state index contributed by atoms with van der Waals surface area (Å²) in [6.45, 7) is 4.65. The zero-order valence-corrected chi connectivity index (χ0v) is 12.9. The number of nitrogens with one attached hydrogen (secondary N) is 2. The number of rotatable bonds is 8. The van der Waals surface area contributed by atoms with Crippen molar-refractivity contribution in [1.82, 2.24) is 15.0 Å². The predicted octanol–water partition coefficient (Wildman–Crippen LogP) is 1.31. The van der Waals surface area contributed by atoms with Crippen molar-refractivity contribution in [3.05, 3.63) is 16.6 Å². The first-order valence-electron chi connectivity index (χ1n) is 6.60. The number of hydrogen-bond donors (Lipinski definition) is 2. The molecule has 0 amide bonds. The largest absolute Gasteiger partial charge is 0.313 e. The summed E-state index contributed by atoms with van der Waals surface area (Å²) in [6.07, 6.45) is 4.08. The molecule has 0 spiro atoms. The molecule has 1 fully saturated rings. The summed E-state index contributed by atoms with van der Waals surface area (Å²) >= 11 is 1.55. The van der Waals surface area contributed by atoms with E-state index in [0.29, 0.717) is 19.1 Å². The highest BCUT2D eigenvalue weighted by molar-refractivity contribution is 7.90. The van der Waals surface area contributed by atoms with Crippen LogP contribution in [0.25, 0.3) is 0 Å². The molecule has 0 radical (unpaired) electrons. The molecule has 0 saturated heterocycles. The van der Waals surface area contributed by atoms with Crippen molar-refractivity contribution < 1.29 is 8.42 Å². The van der Waals surface area contributed by atoms with Crippen LogP contribution in [-0.2, 0) is 10.0 Å². The van der Waals surface area contributed by atoms with Gasteiger partial charge in [0.05, 0.1) is 10.3 Å². The summed E-state index contributed by atoms with van der Waals surface area (Å²) in [6, 6.07) is 0.534. The Morgan fingerprint density at radius 2 is 2.16 bits per heavy atom. The van der Waals surface area contributed by atoms with Crippen LogP contribution in [0.3, 0.4) is 0 Å². The fourth-order valence-corrected chi connectivity index (χ4v) is 3.46. The summed E-state index contributed by atoms with van der Waals surface area (Å²) in [7, 11) is -3.25. The first kappa shape index (κ1) is 14.9. The molecule has 1 saturated carbocycles. The summed E-state index contributed by atoms with van der Waals surface area (Å²) in [5, 5.41) is 5.71. The van der Waals surface area contributed by atoms with Crippen LogP contribution < -0.4 is 10.0 Å². The van der Waals surface area contributed by atoms with Gasteiger partial charge >= 0.3 is 0 Å². The molecule has 2 unspecified atom stereocenters. The van der Waals surface area contributed by atoms with Gasteiger partial charge in [-0.2, -0.15) is 0 Å². The molecule has 2 N–H and O–H groups in total. The van der Waals surface area contributed by atoms with Gasteiger partial charge in [0.15, 0.2) is 0 Å². The van der Waals surface area contributed by atoms with Gasteiger partial charge in [-0.15, -0.1) is 11.3 Å². The Hall–Kier alpha value is -0.500. The smallest absolute Gasteiger partial charge is 0.215 e. The molecule has 0 aliphatic heterocycles. The standard InChI is InChI=1S/C12H21N3O2S2/c1-9(12-13-5-6-18-12)7-15-19(16,17)10(2)8-14-11-3-4-11/h5-6,9-11,14-15H,3-4,7-8H2,1-2H3. The van der Waals surface area contributed by atoms with Gasteiger partial charge in [0, 0.05) is 36.6 Å². The van der Waals surface area contributed by atoms with Crippen LogP contribution >= 0.6 is 11.3 Å². The lowest BCUT2D eigenvalue weighted by molar-refractivity contribution is 0.551. The van der Waals surface area contributed by atoms with Crippen LogP contribution in [0.15, 0.2) is 11.6 Å². The number of thiazole rings is 1. The molecule has 19 heavy (non-hydrogen) atoms. The molecule has 1 aliphatic rings. The molecule has 108 valence electrons. The van der Waals surface area contributed by atoms with Crippen molar-refractivity contribution in [2.24, 2.45) is 0 Å². The zero-order chi connectivity index (χ0) is 13.9. The average molecular weight is 303 g/mol. The van der Waals surface area contributed by atoms with Gasteiger partial charge in [-0.1, -0.05) is 6.92 Å². The molecular formula is C12H21N3O2S2. The first-order valence-corrected chi connectivity index (χ1v) is 9.03. The van der Waals surface area contributed by atoms with E-state index in [4.69, 9.17) is 0 Å². The Balaban J connectivity index is 1.79. The van der Waals surface area contributed by atoms with Crippen LogP contribution in [-0.4, -0.2) is 37.8 Å². The fourth-order valence-electron chi connectivity index (χ4n) is 1.68. The minimum Gasteiger partial charge on any atom is -0.313 e. The van der Waals surface area contributed by atoms with Crippen molar-refractivity contribution in [2.45, 2.75) is 43.9 Å². The SMILES string of the molecule is CC(CNS(=O)(=O)C(C)CNC1CC1)c1nccs1. The van der Waals surface area contributed by atoms with E-state index in [1.54, 1.807) is 24.5 Å². The van der Waals surface area contributed by atoms with Gasteiger partial charge in [-0.05, 0) is 19.8 Å². The summed E-state index contributed by atoms with van der Waals surface area (Å²) < 4.78 is 26.8. The average Bonchev–Trinajstić information content (AvgIpc) is 3.04. The minimum absolute atomic E-state index is 0.110. The normalized spacial score (nSPS) is 19.3. The van der Waals surface area contributed by atoms with Gasteiger partial charge in [-0.25, -0.2) is 18.1 Å². The third kappa shape index (κ3) is 4.52. The van der Waals surface area contributed by atoms with Crippen LogP contribution in [0.5, 0.6) is 0 Å². The molecule has 1 aromatic heterocycles. The molecule has 5 nitrogen and oxygen atoms in total.